The van der Waals surface area contributed by atoms with Crippen LogP contribution in [0, 0.1) is 0 Å². The van der Waals surface area contributed by atoms with Gasteiger partial charge in [-0.1, -0.05) is 8.25 Å². The Hall–Kier alpha value is -0.0161. The molecule has 1 radical (unpaired) electrons. The molecule has 0 aromatic rings. The SMILES string of the molecule is O=S(=O)(NS(=O)(=O)C(F)(F)F)C(F)(F)F.O=S(=O)(NS(=O)(=O)C(F)(F)F)C(F)(F)F.[Y]. The van der Waals surface area contributed by atoms with Gasteiger partial charge in [-0.15, -0.1) is 0 Å². The first kappa shape index (κ1) is 35.6. The summed E-state index contributed by atoms with van der Waals surface area (Å²) in [5.74, 6) is 0. The van der Waals surface area contributed by atoms with Crippen LogP contribution in [0.3, 0.4) is 0 Å². The second kappa shape index (κ2) is 10.1. The van der Waals surface area contributed by atoms with Gasteiger partial charge in [0.25, 0.3) is 0 Å². The van der Waals surface area contributed by atoms with Crippen LogP contribution in [0.2, 0.25) is 0 Å². The van der Waals surface area contributed by atoms with Crippen molar-refractivity contribution in [3.8, 4) is 0 Å². The topological polar surface area (TPSA) is 161 Å². The predicted octanol–water partition coefficient (Wildman–Crippen LogP) is 0.548. The summed E-state index contributed by atoms with van der Waals surface area (Å²) in [4.78, 5) is 0. The predicted molar refractivity (Wildman–Crippen MR) is 66.2 cm³/mol. The van der Waals surface area contributed by atoms with E-state index < -0.39 is 70.4 Å². The number of hydrogen-bond acceptors (Lipinski definition) is 8. The Morgan fingerprint density at radius 2 is 0.452 bits per heavy atom. The molecule has 10 nitrogen and oxygen atoms in total. The summed E-state index contributed by atoms with van der Waals surface area (Å²) in [6.45, 7) is 0. The van der Waals surface area contributed by atoms with Crippen LogP contribution in [-0.2, 0) is 72.8 Å². The maximum Gasteiger partial charge on any atom is 0.512 e. The Balaban J connectivity index is -0.000000490. The first-order chi connectivity index (χ1) is 12.4. The van der Waals surface area contributed by atoms with E-state index in [4.69, 9.17) is 0 Å². The average Bonchev–Trinajstić information content (AvgIpc) is 2.30. The van der Waals surface area contributed by atoms with Crippen molar-refractivity contribution in [2.45, 2.75) is 22.0 Å². The number of hydrogen-bond donors (Lipinski definition) is 2. The standard InChI is InChI=1S/2C2HF6NO4S2.Y/c2*3-1(4,5)14(10,11)9-15(12,13)2(6,7)8;/h2*9H;. The Labute approximate surface area is 188 Å². The van der Waals surface area contributed by atoms with E-state index in [0.717, 1.165) is 0 Å². The molecule has 0 heterocycles. The third-order valence-electron chi connectivity index (χ3n) is 1.66. The minimum absolute atomic E-state index is 0. The van der Waals surface area contributed by atoms with E-state index in [1.54, 1.807) is 0 Å². The average molecular weight is 651 g/mol. The fourth-order valence-corrected chi connectivity index (χ4v) is 4.30. The second-order valence-corrected chi connectivity index (χ2v) is 11.2. The van der Waals surface area contributed by atoms with Crippen molar-refractivity contribution >= 4 is 40.1 Å². The van der Waals surface area contributed by atoms with Crippen molar-refractivity contribution in [2.24, 2.45) is 0 Å². The van der Waals surface area contributed by atoms with E-state index in [2.05, 4.69) is 0 Å². The van der Waals surface area contributed by atoms with Crippen molar-refractivity contribution in [1.29, 1.82) is 0 Å². The van der Waals surface area contributed by atoms with E-state index in [1.165, 1.54) is 0 Å². The molecule has 0 saturated carbocycles. The van der Waals surface area contributed by atoms with Gasteiger partial charge in [0.2, 0.25) is 0 Å². The van der Waals surface area contributed by atoms with Crippen molar-refractivity contribution in [1.82, 2.24) is 8.25 Å². The van der Waals surface area contributed by atoms with Crippen LogP contribution < -0.4 is 8.25 Å². The van der Waals surface area contributed by atoms with E-state index in [0.29, 0.717) is 0 Å². The van der Waals surface area contributed by atoms with Crippen LogP contribution >= 0.6 is 0 Å². The van der Waals surface area contributed by atoms with E-state index in [1.807, 2.05) is 0 Å². The van der Waals surface area contributed by atoms with Crippen molar-refractivity contribution < 1.29 is 119 Å². The quantitative estimate of drug-likeness (QED) is 0.417. The first-order valence-electron chi connectivity index (χ1n) is 5.23. The molecule has 0 saturated heterocycles. The van der Waals surface area contributed by atoms with Gasteiger partial charge in [-0.05, 0) is 0 Å². The minimum atomic E-state index is -6.60. The molecule has 0 amide bonds. The van der Waals surface area contributed by atoms with Crippen LogP contribution in [0.1, 0.15) is 0 Å². The van der Waals surface area contributed by atoms with Gasteiger partial charge in [0, 0.05) is 32.7 Å². The molecule has 0 rings (SSSR count). The minimum Gasteiger partial charge on any atom is -0.202 e. The van der Waals surface area contributed by atoms with E-state index in [9.17, 15) is 86.4 Å². The summed E-state index contributed by atoms with van der Waals surface area (Å²) in [5.41, 5.74) is -24.6. The Kier molecular flexibility index (Phi) is 11.6. The maximum absolute atomic E-state index is 11.5. The number of rotatable bonds is 4. The molecule has 0 atom stereocenters. The summed E-state index contributed by atoms with van der Waals surface area (Å²) in [6, 6.07) is 0. The van der Waals surface area contributed by atoms with Crippen LogP contribution in [0.25, 0.3) is 0 Å². The molecule has 31 heavy (non-hydrogen) atoms. The molecule has 0 unspecified atom stereocenters. The number of nitrogens with one attached hydrogen (secondary N) is 2. The normalized spacial score (nSPS) is 14.8. The summed E-state index contributed by atoms with van der Waals surface area (Å²) < 4.78 is 217. The van der Waals surface area contributed by atoms with Crippen LogP contribution in [-0.4, -0.2) is 55.7 Å². The molecule has 0 aliphatic carbocycles. The van der Waals surface area contributed by atoms with Gasteiger partial charge in [0.15, 0.2) is 0 Å². The van der Waals surface area contributed by atoms with Gasteiger partial charge in [-0.25, -0.2) is 33.7 Å². The monoisotopic (exact) mass is 651 g/mol. The smallest absolute Gasteiger partial charge is 0.202 e. The largest absolute Gasteiger partial charge is 0.512 e. The zero-order chi connectivity index (χ0) is 25.4. The summed E-state index contributed by atoms with van der Waals surface area (Å²) >= 11 is 0. The molecule has 0 aromatic heterocycles. The number of sulfonamides is 4. The summed E-state index contributed by atoms with van der Waals surface area (Å²) in [6.07, 6.45) is 0. The summed E-state index contributed by atoms with van der Waals surface area (Å²) in [5, 5.41) is 0. The zero-order valence-electron chi connectivity index (χ0n) is 13.0. The molecule has 0 spiro atoms. The number of halogens is 12. The maximum atomic E-state index is 11.5. The molecular weight excluding hydrogens is 649 g/mol. The van der Waals surface area contributed by atoms with Gasteiger partial charge >= 0.3 is 62.1 Å². The third-order valence-corrected chi connectivity index (χ3v) is 7.61. The van der Waals surface area contributed by atoms with E-state index >= 15 is 0 Å². The third kappa shape index (κ3) is 10.2. The molecule has 0 fully saturated rings. The molecule has 0 aromatic carbocycles. The van der Waals surface area contributed by atoms with Gasteiger partial charge < -0.3 is 0 Å². The van der Waals surface area contributed by atoms with Crippen LogP contribution in [0.5, 0.6) is 0 Å². The Morgan fingerprint density at radius 3 is 0.516 bits per heavy atom. The first-order valence-corrected chi connectivity index (χ1v) is 11.2. The molecule has 27 heteroatoms. The fraction of sp³-hybridized carbons (Fsp3) is 1.00. The van der Waals surface area contributed by atoms with Crippen molar-refractivity contribution in [3.05, 3.63) is 0 Å². The van der Waals surface area contributed by atoms with Crippen LogP contribution in [0.15, 0.2) is 0 Å². The Bertz CT molecular complexity index is 862. The molecule has 0 aliphatic rings. The molecule has 2 N–H and O–H groups in total. The van der Waals surface area contributed by atoms with Gasteiger partial charge in [0.05, 0.1) is 0 Å². The van der Waals surface area contributed by atoms with Gasteiger partial charge in [0.1, 0.15) is 0 Å². The van der Waals surface area contributed by atoms with Gasteiger partial charge in [-0.3, -0.25) is 0 Å². The van der Waals surface area contributed by atoms with Crippen molar-refractivity contribution in [2.75, 3.05) is 0 Å². The number of alkyl halides is 12. The molecular formula is C4H2F12N2O8S4Y. The van der Waals surface area contributed by atoms with E-state index in [-0.39, 0.29) is 32.7 Å². The van der Waals surface area contributed by atoms with Gasteiger partial charge in [-0.2, -0.15) is 52.7 Å². The van der Waals surface area contributed by atoms with Crippen LogP contribution in [0.4, 0.5) is 52.7 Å². The molecule has 0 aliphatic heterocycles. The fourth-order valence-electron chi connectivity index (χ4n) is 0.478. The molecule has 187 valence electrons. The summed E-state index contributed by atoms with van der Waals surface area (Å²) in [7, 11) is -26.4. The Morgan fingerprint density at radius 1 is 0.355 bits per heavy atom. The molecule has 0 bridgehead atoms. The zero-order valence-corrected chi connectivity index (χ0v) is 19.1. The second-order valence-electron chi connectivity index (χ2n) is 3.96. The van der Waals surface area contributed by atoms with Crippen molar-refractivity contribution in [3.63, 3.8) is 0 Å².